The molecule has 106 valence electrons. The summed E-state index contributed by atoms with van der Waals surface area (Å²) in [5.41, 5.74) is 2.72. The molecule has 0 spiro atoms. The smallest absolute Gasteiger partial charge is 0.0335 e. The second-order valence-corrected chi connectivity index (χ2v) is 5.17. The fraction of sp³-hybridized carbons (Fsp3) is 0.389. The first-order chi connectivity index (χ1) is 9.90. The van der Waals surface area contributed by atoms with E-state index in [0.717, 1.165) is 25.8 Å². The van der Waals surface area contributed by atoms with Crippen LogP contribution in [0.3, 0.4) is 0 Å². The molecule has 1 heterocycles. The predicted molar refractivity (Wildman–Crippen MR) is 84.7 cm³/mol. The number of pyridine rings is 1. The van der Waals surface area contributed by atoms with E-state index in [1.807, 2.05) is 18.5 Å². The maximum Gasteiger partial charge on any atom is 0.0335 e. The standard InChI is InChI=1S/C18H24N2/c1-2-13-20-18(17-11-7-14-19-15-17)12-6-10-16-8-4-3-5-9-16/h3-5,7-9,11,14-15,18,20H,2,6,10,12-13H2,1H3. The van der Waals surface area contributed by atoms with Crippen LogP contribution in [0.15, 0.2) is 54.9 Å². The van der Waals surface area contributed by atoms with Crippen LogP contribution in [0, 0.1) is 0 Å². The maximum atomic E-state index is 4.24. The molecule has 1 aromatic heterocycles. The van der Waals surface area contributed by atoms with E-state index >= 15 is 0 Å². The van der Waals surface area contributed by atoms with Gasteiger partial charge < -0.3 is 5.32 Å². The third-order valence-electron chi connectivity index (χ3n) is 3.53. The number of nitrogens with zero attached hydrogens (tertiary/aromatic N) is 1. The van der Waals surface area contributed by atoms with Crippen LogP contribution in [0.2, 0.25) is 0 Å². The first-order valence-corrected chi connectivity index (χ1v) is 7.57. The van der Waals surface area contributed by atoms with Crippen LogP contribution < -0.4 is 5.32 Å². The molecule has 2 aromatic rings. The molecule has 2 rings (SSSR count). The van der Waals surface area contributed by atoms with E-state index in [9.17, 15) is 0 Å². The largest absolute Gasteiger partial charge is 0.310 e. The van der Waals surface area contributed by atoms with Crippen LogP contribution in [0.5, 0.6) is 0 Å². The normalized spacial score (nSPS) is 12.2. The van der Waals surface area contributed by atoms with Crippen LogP contribution in [0.25, 0.3) is 0 Å². The molecule has 1 aromatic carbocycles. The summed E-state index contributed by atoms with van der Waals surface area (Å²) < 4.78 is 0. The Hall–Kier alpha value is -1.67. The van der Waals surface area contributed by atoms with Crippen LogP contribution in [0.1, 0.15) is 43.4 Å². The van der Waals surface area contributed by atoms with Gasteiger partial charge in [0.05, 0.1) is 0 Å². The molecule has 0 fully saturated rings. The van der Waals surface area contributed by atoms with E-state index in [4.69, 9.17) is 0 Å². The Balaban J connectivity index is 1.88. The molecule has 1 N–H and O–H groups in total. The van der Waals surface area contributed by atoms with Crippen molar-refractivity contribution >= 4 is 0 Å². The predicted octanol–water partition coefficient (Wildman–Crippen LogP) is 4.15. The van der Waals surface area contributed by atoms with Gasteiger partial charge in [0.2, 0.25) is 0 Å². The third-order valence-corrected chi connectivity index (χ3v) is 3.53. The molecular formula is C18H24N2. The number of aromatic nitrogens is 1. The van der Waals surface area contributed by atoms with Gasteiger partial charge in [0.1, 0.15) is 0 Å². The molecule has 0 saturated carbocycles. The van der Waals surface area contributed by atoms with Crippen molar-refractivity contribution in [1.82, 2.24) is 10.3 Å². The molecule has 0 saturated heterocycles. The molecule has 0 aliphatic rings. The second kappa shape index (κ2) is 8.49. The van der Waals surface area contributed by atoms with Crippen molar-refractivity contribution in [3.8, 4) is 0 Å². The summed E-state index contributed by atoms with van der Waals surface area (Å²) in [6.45, 7) is 3.27. The summed E-state index contributed by atoms with van der Waals surface area (Å²) in [5, 5.41) is 3.63. The van der Waals surface area contributed by atoms with Gasteiger partial charge in [-0.3, -0.25) is 4.98 Å². The minimum Gasteiger partial charge on any atom is -0.310 e. The summed E-state index contributed by atoms with van der Waals surface area (Å²) in [4.78, 5) is 4.24. The highest BCUT2D eigenvalue weighted by Crippen LogP contribution is 2.19. The first kappa shape index (κ1) is 14.7. The zero-order chi connectivity index (χ0) is 14.0. The van der Waals surface area contributed by atoms with Crippen molar-refractivity contribution in [2.75, 3.05) is 6.54 Å². The molecule has 1 atom stereocenters. The summed E-state index contributed by atoms with van der Waals surface area (Å²) in [6, 6.07) is 15.3. The topological polar surface area (TPSA) is 24.9 Å². The van der Waals surface area contributed by atoms with Gasteiger partial charge in [-0.25, -0.2) is 0 Å². The van der Waals surface area contributed by atoms with Crippen molar-refractivity contribution < 1.29 is 0 Å². The summed E-state index contributed by atoms with van der Waals surface area (Å²) in [5.74, 6) is 0. The van der Waals surface area contributed by atoms with Gasteiger partial charge in [-0.05, 0) is 49.4 Å². The lowest BCUT2D eigenvalue weighted by atomic mass is 10.00. The van der Waals surface area contributed by atoms with Gasteiger partial charge in [-0.15, -0.1) is 0 Å². The number of hydrogen-bond acceptors (Lipinski definition) is 2. The molecule has 2 heteroatoms. The zero-order valence-electron chi connectivity index (χ0n) is 12.3. The number of aryl methyl sites for hydroxylation is 1. The lowest BCUT2D eigenvalue weighted by Crippen LogP contribution is -2.22. The van der Waals surface area contributed by atoms with E-state index in [1.54, 1.807) is 0 Å². The molecule has 0 aliphatic carbocycles. The number of nitrogens with one attached hydrogen (secondary N) is 1. The van der Waals surface area contributed by atoms with E-state index in [2.05, 4.69) is 53.6 Å². The Labute approximate surface area is 122 Å². The Morgan fingerprint density at radius 1 is 1.10 bits per heavy atom. The Kier molecular flexibility index (Phi) is 6.25. The average molecular weight is 268 g/mol. The van der Waals surface area contributed by atoms with Gasteiger partial charge >= 0.3 is 0 Å². The van der Waals surface area contributed by atoms with E-state index in [1.165, 1.54) is 17.5 Å². The van der Waals surface area contributed by atoms with E-state index in [-0.39, 0.29) is 0 Å². The van der Waals surface area contributed by atoms with Gasteiger partial charge in [0, 0.05) is 18.4 Å². The van der Waals surface area contributed by atoms with Crippen molar-refractivity contribution in [2.45, 2.75) is 38.6 Å². The van der Waals surface area contributed by atoms with Crippen molar-refractivity contribution in [3.63, 3.8) is 0 Å². The van der Waals surface area contributed by atoms with Crippen molar-refractivity contribution in [3.05, 3.63) is 66.0 Å². The molecule has 20 heavy (non-hydrogen) atoms. The SMILES string of the molecule is CCCNC(CCCc1ccccc1)c1cccnc1. The molecule has 0 bridgehead atoms. The molecule has 0 amide bonds. The fourth-order valence-electron chi connectivity index (χ4n) is 2.44. The van der Waals surface area contributed by atoms with Crippen molar-refractivity contribution in [2.24, 2.45) is 0 Å². The zero-order valence-corrected chi connectivity index (χ0v) is 12.3. The second-order valence-electron chi connectivity index (χ2n) is 5.17. The fourth-order valence-corrected chi connectivity index (χ4v) is 2.44. The Bertz CT molecular complexity index is 467. The van der Waals surface area contributed by atoms with Gasteiger partial charge in [0.25, 0.3) is 0 Å². The van der Waals surface area contributed by atoms with Crippen LogP contribution in [0.4, 0.5) is 0 Å². The highest BCUT2D eigenvalue weighted by Gasteiger charge is 2.10. The minimum absolute atomic E-state index is 0.423. The van der Waals surface area contributed by atoms with Crippen molar-refractivity contribution in [1.29, 1.82) is 0 Å². The first-order valence-electron chi connectivity index (χ1n) is 7.57. The molecule has 0 radical (unpaired) electrons. The summed E-state index contributed by atoms with van der Waals surface area (Å²) in [6.07, 6.45) is 8.47. The monoisotopic (exact) mass is 268 g/mol. The quantitative estimate of drug-likeness (QED) is 0.778. The van der Waals surface area contributed by atoms with Gasteiger partial charge in [0.15, 0.2) is 0 Å². The lowest BCUT2D eigenvalue weighted by Gasteiger charge is -2.18. The average Bonchev–Trinajstić information content (AvgIpc) is 2.52. The van der Waals surface area contributed by atoms with Gasteiger partial charge in [-0.1, -0.05) is 43.3 Å². The third kappa shape index (κ3) is 4.78. The highest BCUT2D eigenvalue weighted by atomic mass is 14.9. The van der Waals surface area contributed by atoms with Crippen LogP contribution in [-0.4, -0.2) is 11.5 Å². The number of rotatable bonds is 8. The number of benzene rings is 1. The summed E-state index contributed by atoms with van der Waals surface area (Å²) in [7, 11) is 0. The Morgan fingerprint density at radius 2 is 1.95 bits per heavy atom. The molecule has 1 unspecified atom stereocenters. The van der Waals surface area contributed by atoms with E-state index < -0.39 is 0 Å². The minimum atomic E-state index is 0.423. The molecule has 2 nitrogen and oxygen atoms in total. The highest BCUT2D eigenvalue weighted by molar-refractivity contribution is 5.16. The van der Waals surface area contributed by atoms with E-state index in [0.29, 0.717) is 6.04 Å². The van der Waals surface area contributed by atoms with Gasteiger partial charge in [-0.2, -0.15) is 0 Å². The van der Waals surface area contributed by atoms with Crippen LogP contribution >= 0.6 is 0 Å². The Morgan fingerprint density at radius 3 is 2.65 bits per heavy atom. The molecular weight excluding hydrogens is 244 g/mol. The lowest BCUT2D eigenvalue weighted by molar-refractivity contribution is 0.483. The molecule has 0 aliphatic heterocycles. The number of hydrogen-bond donors (Lipinski definition) is 1. The van der Waals surface area contributed by atoms with Crippen LogP contribution in [-0.2, 0) is 6.42 Å². The maximum absolute atomic E-state index is 4.24. The summed E-state index contributed by atoms with van der Waals surface area (Å²) >= 11 is 0.